The van der Waals surface area contributed by atoms with Gasteiger partial charge in [-0.05, 0) is 31.2 Å². The van der Waals surface area contributed by atoms with Crippen LogP contribution in [0, 0.1) is 0 Å². The van der Waals surface area contributed by atoms with Crippen molar-refractivity contribution in [1.82, 2.24) is 14.5 Å². The Bertz CT molecular complexity index is 865. The van der Waals surface area contributed by atoms with Gasteiger partial charge in [-0.3, -0.25) is 0 Å². The van der Waals surface area contributed by atoms with E-state index in [1.54, 1.807) is 35.6 Å². The van der Waals surface area contributed by atoms with E-state index in [1.807, 2.05) is 6.92 Å². The van der Waals surface area contributed by atoms with Crippen LogP contribution in [0.5, 0.6) is 5.75 Å². The summed E-state index contributed by atoms with van der Waals surface area (Å²) in [6.45, 7) is 10.9. The predicted octanol–water partition coefficient (Wildman–Crippen LogP) is 2.75. The van der Waals surface area contributed by atoms with Gasteiger partial charge in [-0.2, -0.15) is 4.31 Å². The van der Waals surface area contributed by atoms with Crippen LogP contribution in [0.1, 0.15) is 32.7 Å². The maximum atomic E-state index is 12.9. The Morgan fingerprint density at radius 1 is 1.07 bits per heavy atom. The van der Waals surface area contributed by atoms with Gasteiger partial charge in [0.15, 0.2) is 0 Å². The normalized spacial score (nSPS) is 16.5. The zero-order chi connectivity index (χ0) is 19.7. The third-order valence-electron chi connectivity index (χ3n) is 4.34. The van der Waals surface area contributed by atoms with Crippen LogP contribution in [0.3, 0.4) is 0 Å². The van der Waals surface area contributed by atoms with Gasteiger partial charge in [0.25, 0.3) is 0 Å². The first kappa shape index (κ1) is 20.0. The van der Waals surface area contributed by atoms with Crippen LogP contribution in [0.2, 0.25) is 0 Å². The summed E-state index contributed by atoms with van der Waals surface area (Å²) in [6.07, 6.45) is 0. The molecule has 1 fully saturated rings. The summed E-state index contributed by atoms with van der Waals surface area (Å²) in [5, 5.41) is 10.4. The molecule has 1 aromatic heterocycles. The predicted molar refractivity (Wildman–Crippen MR) is 107 cm³/mol. The highest BCUT2D eigenvalue weighted by Crippen LogP contribution is 2.30. The highest BCUT2D eigenvalue weighted by atomic mass is 32.2. The van der Waals surface area contributed by atoms with Crippen molar-refractivity contribution >= 4 is 26.5 Å². The molecule has 9 heteroatoms. The first-order valence-corrected chi connectivity index (χ1v) is 11.3. The number of nitrogens with zero attached hydrogens (tertiary/aromatic N) is 4. The lowest BCUT2D eigenvalue weighted by atomic mass is 9.98. The fourth-order valence-corrected chi connectivity index (χ4v) is 5.17. The summed E-state index contributed by atoms with van der Waals surface area (Å²) in [5.41, 5.74) is -0.0330. The molecular weight excluding hydrogens is 384 g/mol. The van der Waals surface area contributed by atoms with Crippen LogP contribution < -0.4 is 9.64 Å². The number of sulfonamides is 1. The van der Waals surface area contributed by atoms with E-state index in [2.05, 4.69) is 35.9 Å². The summed E-state index contributed by atoms with van der Waals surface area (Å²) in [4.78, 5) is 2.40. The molecule has 148 valence electrons. The summed E-state index contributed by atoms with van der Waals surface area (Å²) in [6, 6.07) is 6.60. The van der Waals surface area contributed by atoms with Gasteiger partial charge >= 0.3 is 0 Å². The van der Waals surface area contributed by atoms with Gasteiger partial charge < -0.3 is 9.64 Å². The second-order valence-corrected chi connectivity index (χ2v) is 10.3. The van der Waals surface area contributed by atoms with Crippen LogP contribution in [-0.2, 0) is 15.4 Å². The van der Waals surface area contributed by atoms with E-state index in [-0.39, 0.29) is 5.41 Å². The Hall–Kier alpha value is -1.71. The van der Waals surface area contributed by atoms with E-state index in [4.69, 9.17) is 4.74 Å². The first-order valence-electron chi connectivity index (χ1n) is 9.04. The van der Waals surface area contributed by atoms with Crippen molar-refractivity contribution in [3.63, 3.8) is 0 Å². The van der Waals surface area contributed by atoms with Crippen molar-refractivity contribution in [2.24, 2.45) is 0 Å². The van der Waals surface area contributed by atoms with Crippen LogP contribution in [0.25, 0.3) is 0 Å². The molecule has 0 atom stereocenters. The van der Waals surface area contributed by atoms with E-state index < -0.39 is 10.0 Å². The molecule has 0 bridgehead atoms. The molecule has 0 radical (unpaired) electrons. The van der Waals surface area contributed by atoms with E-state index in [0.29, 0.717) is 43.4 Å². The van der Waals surface area contributed by atoms with Crippen molar-refractivity contribution in [1.29, 1.82) is 0 Å². The van der Waals surface area contributed by atoms with Crippen molar-refractivity contribution < 1.29 is 13.2 Å². The largest absolute Gasteiger partial charge is 0.494 e. The topological polar surface area (TPSA) is 75.6 Å². The molecule has 1 aliphatic heterocycles. The fourth-order valence-electron chi connectivity index (χ4n) is 2.79. The van der Waals surface area contributed by atoms with Crippen molar-refractivity contribution in [2.75, 3.05) is 37.7 Å². The average Bonchev–Trinajstić information content (AvgIpc) is 3.13. The second-order valence-electron chi connectivity index (χ2n) is 7.44. The van der Waals surface area contributed by atoms with E-state index in [1.165, 1.54) is 4.31 Å². The summed E-state index contributed by atoms with van der Waals surface area (Å²) in [5.74, 6) is 0.673. The van der Waals surface area contributed by atoms with Crippen molar-refractivity contribution in [3.8, 4) is 5.75 Å². The minimum atomic E-state index is -3.50. The molecule has 27 heavy (non-hydrogen) atoms. The van der Waals surface area contributed by atoms with Gasteiger partial charge in [0.05, 0.1) is 11.5 Å². The third-order valence-corrected chi connectivity index (χ3v) is 7.66. The lowest BCUT2D eigenvalue weighted by molar-refractivity contribution is 0.340. The van der Waals surface area contributed by atoms with Gasteiger partial charge in [-0.15, -0.1) is 10.2 Å². The Labute approximate surface area is 165 Å². The maximum Gasteiger partial charge on any atom is 0.243 e. The monoisotopic (exact) mass is 410 g/mol. The standard InChI is InChI=1S/C18H26N4O3S2/c1-5-25-14-6-8-15(9-7-14)27(23,24)22-12-10-21(11-13-22)17-20-19-16(26-17)18(2,3)4/h6-9H,5,10-13H2,1-4H3. The van der Waals surface area contributed by atoms with Gasteiger partial charge in [0, 0.05) is 31.6 Å². The molecule has 0 spiro atoms. The van der Waals surface area contributed by atoms with Crippen LogP contribution in [-0.4, -0.2) is 55.7 Å². The Morgan fingerprint density at radius 2 is 1.70 bits per heavy atom. The number of rotatable bonds is 5. The number of benzene rings is 1. The SMILES string of the molecule is CCOc1ccc(S(=O)(=O)N2CCN(c3nnc(C(C)(C)C)s3)CC2)cc1. The van der Waals surface area contributed by atoms with Gasteiger partial charge in [0.1, 0.15) is 10.8 Å². The molecule has 2 heterocycles. The molecule has 2 aromatic rings. The molecule has 1 aliphatic rings. The smallest absolute Gasteiger partial charge is 0.243 e. The maximum absolute atomic E-state index is 12.9. The zero-order valence-electron chi connectivity index (χ0n) is 16.2. The number of hydrogen-bond acceptors (Lipinski definition) is 7. The van der Waals surface area contributed by atoms with E-state index in [0.717, 1.165) is 10.1 Å². The Morgan fingerprint density at radius 3 is 2.22 bits per heavy atom. The number of piperazine rings is 1. The quantitative estimate of drug-likeness (QED) is 0.754. The molecular formula is C18H26N4O3S2. The molecule has 7 nitrogen and oxygen atoms in total. The molecule has 0 aliphatic carbocycles. The number of anilines is 1. The number of hydrogen-bond donors (Lipinski definition) is 0. The molecule has 1 aromatic carbocycles. The molecule has 1 saturated heterocycles. The van der Waals surface area contributed by atoms with Crippen LogP contribution in [0.15, 0.2) is 29.2 Å². The molecule has 0 unspecified atom stereocenters. The Kier molecular flexibility index (Phi) is 5.73. The summed E-state index contributed by atoms with van der Waals surface area (Å²) >= 11 is 1.58. The van der Waals surface area contributed by atoms with Crippen LogP contribution in [0.4, 0.5) is 5.13 Å². The van der Waals surface area contributed by atoms with E-state index in [9.17, 15) is 8.42 Å². The molecule has 3 rings (SSSR count). The lowest BCUT2D eigenvalue weighted by Gasteiger charge is -2.33. The van der Waals surface area contributed by atoms with Crippen molar-refractivity contribution in [2.45, 2.75) is 38.0 Å². The van der Waals surface area contributed by atoms with E-state index >= 15 is 0 Å². The Balaban J connectivity index is 1.66. The molecule has 0 N–H and O–H groups in total. The van der Waals surface area contributed by atoms with Crippen molar-refractivity contribution in [3.05, 3.63) is 29.3 Å². The number of aromatic nitrogens is 2. The summed E-state index contributed by atoms with van der Waals surface area (Å²) < 4.78 is 32.7. The minimum Gasteiger partial charge on any atom is -0.494 e. The summed E-state index contributed by atoms with van der Waals surface area (Å²) in [7, 11) is -3.50. The second kappa shape index (κ2) is 7.73. The van der Waals surface area contributed by atoms with Gasteiger partial charge in [0.2, 0.25) is 15.2 Å². The minimum absolute atomic E-state index is 0.0330. The number of ether oxygens (including phenoxy) is 1. The zero-order valence-corrected chi connectivity index (χ0v) is 17.8. The van der Waals surface area contributed by atoms with Gasteiger partial charge in [-0.1, -0.05) is 32.1 Å². The third kappa shape index (κ3) is 4.41. The highest BCUT2D eigenvalue weighted by Gasteiger charge is 2.30. The average molecular weight is 411 g/mol. The first-order chi connectivity index (χ1) is 12.7. The lowest BCUT2D eigenvalue weighted by Crippen LogP contribution is -2.48. The van der Waals surface area contributed by atoms with Crippen LogP contribution >= 0.6 is 11.3 Å². The molecule has 0 saturated carbocycles. The highest BCUT2D eigenvalue weighted by molar-refractivity contribution is 7.89. The molecule has 0 amide bonds. The van der Waals surface area contributed by atoms with Gasteiger partial charge in [-0.25, -0.2) is 8.42 Å². The fraction of sp³-hybridized carbons (Fsp3) is 0.556.